The van der Waals surface area contributed by atoms with Crippen molar-refractivity contribution in [3.63, 3.8) is 0 Å². The van der Waals surface area contributed by atoms with E-state index in [1.807, 2.05) is 0 Å². The van der Waals surface area contributed by atoms with Crippen molar-refractivity contribution >= 4 is 11.9 Å². The summed E-state index contributed by atoms with van der Waals surface area (Å²) in [6.07, 6.45) is 7.20. The summed E-state index contributed by atoms with van der Waals surface area (Å²) in [4.78, 5) is 24.3. The van der Waals surface area contributed by atoms with Gasteiger partial charge in [0, 0.05) is 37.2 Å². The summed E-state index contributed by atoms with van der Waals surface area (Å²) >= 11 is 0. The highest BCUT2D eigenvalue weighted by molar-refractivity contribution is 5.85. The van der Waals surface area contributed by atoms with Crippen LogP contribution in [0.5, 0.6) is 0 Å². The van der Waals surface area contributed by atoms with Gasteiger partial charge >= 0.3 is 11.9 Å². The van der Waals surface area contributed by atoms with Gasteiger partial charge in [-0.15, -0.1) is 0 Å². The molecule has 8 aliphatic rings. The Morgan fingerprint density at radius 2 is 1.98 bits per heavy atom. The van der Waals surface area contributed by atoms with Crippen LogP contribution in [0.2, 0.25) is 0 Å². The van der Waals surface area contributed by atoms with Crippen LogP contribution in [0, 0.1) is 28.6 Å². The molecule has 224 valence electrons. The number of ether oxygens (including phenoxy) is 7. The first-order chi connectivity index (χ1) is 19.6. The maximum absolute atomic E-state index is 12.8. The molecule has 8 rings (SSSR count). The highest BCUT2D eigenvalue weighted by Gasteiger charge is 2.71. The minimum Gasteiger partial charge on any atom is -0.462 e. The highest BCUT2D eigenvalue weighted by Crippen LogP contribution is 2.70. The van der Waals surface area contributed by atoms with Gasteiger partial charge in [-0.1, -0.05) is 25.5 Å². The second kappa shape index (κ2) is 8.86. The number of allylic oxidation sites excluding steroid dienone is 1. The first-order valence-electron chi connectivity index (χ1n) is 15.3. The number of carbonyl (C=O) groups is 2. The SMILES string of the molecule is CC(=O)OC1CC2(O)C3CCC4=CC5OC6OCCC7OCOC76OC5CC4(C)C3CCC2(C)C1C1=CC(=O)OC1. The lowest BCUT2D eigenvalue weighted by molar-refractivity contribution is -0.421. The van der Waals surface area contributed by atoms with Crippen LogP contribution >= 0.6 is 0 Å². The van der Waals surface area contributed by atoms with Crippen LogP contribution in [0.3, 0.4) is 0 Å². The summed E-state index contributed by atoms with van der Waals surface area (Å²) in [6.45, 7) is 6.76. The molecule has 0 aromatic heterocycles. The third kappa shape index (κ3) is 3.52. The quantitative estimate of drug-likeness (QED) is 0.391. The number of hydrogen-bond donors (Lipinski definition) is 1. The fourth-order valence-electron chi connectivity index (χ4n) is 10.5. The molecule has 0 bridgehead atoms. The number of rotatable bonds is 2. The second-order valence-electron chi connectivity index (χ2n) is 14.0. The van der Waals surface area contributed by atoms with Crippen molar-refractivity contribution in [2.24, 2.45) is 28.6 Å². The average molecular weight is 573 g/mol. The zero-order valence-electron chi connectivity index (χ0n) is 24.0. The highest BCUT2D eigenvalue weighted by atomic mass is 16.9. The molecule has 41 heavy (non-hydrogen) atoms. The molecular formula is C31H40O10. The molecule has 12 unspecified atom stereocenters. The monoisotopic (exact) mass is 572 g/mol. The van der Waals surface area contributed by atoms with E-state index in [9.17, 15) is 14.7 Å². The maximum Gasteiger partial charge on any atom is 0.331 e. The third-order valence-corrected chi connectivity index (χ3v) is 12.3. The van der Waals surface area contributed by atoms with Crippen LogP contribution in [0.1, 0.15) is 65.7 Å². The fraction of sp³-hybridized carbons (Fsp3) is 0.806. The minimum atomic E-state index is -1.06. The van der Waals surface area contributed by atoms with Gasteiger partial charge in [0.05, 0.1) is 18.3 Å². The summed E-state index contributed by atoms with van der Waals surface area (Å²) in [6, 6.07) is 0. The Kier molecular flexibility index (Phi) is 5.79. The summed E-state index contributed by atoms with van der Waals surface area (Å²) in [5.74, 6) is -1.82. The van der Waals surface area contributed by atoms with Gasteiger partial charge in [0.25, 0.3) is 0 Å². The van der Waals surface area contributed by atoms with E-state index in [2.05, 4.69) is 19.9 Å². The molecule has 4 aliphatic carbocycles. The molecule has 3 saturated heterocycles. The molecular weight excluding hydrogens is 532 g/mol. The van der Waals surface area contributed by atoms with Crippen molar-refractivity contribution in [2.45, 2.75) is 108 Å². The van der Waals surface area contributed by atoms with Crippen LogP contribution in [0.4, 0.5) is 0 Å². The number of esters is 2. The van der Waals surface area contributed by atoms with Crippen molar-refractivity contribution in [1.82, 2.24) is 0 Å². The summed E-state index contributed by atoms with van der Waals surface area (Å²) < 4.78 is 42.3. The van der Waals surface area contributed by atoms with E-state index in [1.165, 1.54) is 12.5 Å². The van der Waals surface area contributed by atoms with Gasteiger partial charge in [-0.3, -0.25) is 4.79 Å². The van der Waals surface area contributed by atoms with Crippen molar-refractivity contribution in [2.75, 3.05) is 20.0 Å². The lowest BCUT2D eigenvalue weighted by atomic mass is 9.45. The minimum absolute atomic E-state index is 0.00822. The second-order valence-corrected chi connectivity index (χ2v) is 14.0. The molecule has 4 aliphatic heterocycles. The molecule has 12 atom stereocenters. The fourth-order valence-corrected chi connectivity index (χ4v) is 10.5. The number of cyclic esters (lactones) is 1. The predicted molar refractivity (Wildman–Crippen MR) is 140 cm³/mol. The van der Waals surface area contributed by atoms with Crippen molar-refractivity contribution in [1.29, 1.82) is 0 Å². The predicted octanol–water partition coefficient (Wildman–Crippen LogP) is 2.91. The van der Waals surface area contributed by atoms with E-state index in [0.29, 0.717) is 19.4 Å². The van der Waals surface area contributed by atoms with E-state index >= 15 is 0 Å². The Labute approximate surface area is 239 Å². The Morgan fingerprint density at radius 1 is 1.12 bits per heavy atom. The van der Waals surface area contributed by atoms with E-state index < -0.39 is 29.2 Å². The van der Waals surface area contributed by atoms with E-state index in [-0.39, 0.29) is 66.8 Å². The number of carbonyl (C=O) groups excluding carboxylic acids is 2. The zero-order valence-corrected chi connectivity index (χ0v) is 24.0. The number of hydrogen-bond acceptors (Lipinski definition) is 10. The van der Waals surface area contributed by atoms with Gasteiger partial charge in [-0.25, -0.2) is 4.79 Å². The van der Waals surface area contributed by atoms with Crippen molar-refractivity contribution in [3.05, 3.63) is 23.3 Å². The Hall–Kier alpha value is -1.82. The van der Waals surface area contributed by atoms with Gasteiger partial charge < -0.3 is 38.3 Å². The van der Waals surface area contributed by atoms with Crippen molar-refractivity contribution < 1.29 is 47.9 Å². The molecule has 0 amide bonds. The van der Waals surface area contributed by atoms with Gasteiger partial charge in [0.1, 0.15) is 24.9 Å². The standard InChI is InChI=1S/C31H40O10/c1-16(32)39-23-13-30(34)20-5-4-18-11-21-22(41-31-24(37-15-38-31)7-9-35-27(31)40-21)12-28(18,2)19(20)6-8-29(30,3)26(23)17-10-25(33)36-14-17/h10-11,19-24,26-27,34H,4-9,12-15H2,1-3H3. The molecule has 0 aromatic rings. The van der Waals surface area contributed by atoms with E-state index in [4.69, 9.17) is 33.2 Å². The first-order valence-corrected chi connectivity index (χ1v) is 15.3. The maximum atomic E-state index is 12.8. The van der Waals surface area contributed by atoms with E-state index in [0.717, 1.165) is 37.7 Å². The number of aliphatic hydroxyl groups is 1. The lowest BCUT2D eigenvalue weighted by Gasteiger charge is -2.63. The van der Waals surface area contributed by atoms with Crippen molar-refractivity contribution in [3.8, 4) is 0 Å². The first kappa shape index (κ1) is 26.8. The molecule has 0 radical (unpaired) electrons. The molecule has 6 fully saturated rings. The van der Waals surface area contributed by atoms with Crippen LogP contribution in [0.15, 0.2) is 23.3 Å². The molecule has 4 heterocycles. The van der Waals surface area contributed by atoms with Gasteiger partial charge in [0.2, 0.25) is 12.1 Å². The molecule has 3 saturated carbocycles. The van der Waals surface area contributed by atoms with Crippen LogP contribution in [-0.2, 0) is 42.7 Å². The molecule has 0 aromatic carbocycles. The molecule has 10 heteroatoms. The van der Waals surface area contributed by atoms with Crippen LogP contribution < -0.4 is 0 Å². The van der Waals surface area contributed by atoms with Gasteiger partial charge in [0.15, 0.2) is 6.79 Å². The molecule has 1 spiro atoms. The van der Waals surface area contributed by atoms with Gasteiger partial charge in [-0.05, 0) is 54.9 Å². The van der Waals surface area contributed by atoms with Crippen LogP contribution in [0.25, 0.3) is 0 Å². The van der Waals surface area contributed by atoms with E-state index in [1.54, 1.807) is 6.08 Å². The Morgan fingerprint density at radius 3 is 2.76 bits per heavy atom. The summed E-state index contributed by atoms with van der Waals surface area (Å²) in [5.41, 5.74) is 0.384. The smallest absolute Gasteiger partial charge is 0.331 e. The number of fused-ring (bicyclic) bond motifs is 6. The Balaban J connectivity index is 1.12. The lowest BCUT2D eigenvalue weighted by Crippen LogP contribution is -2.67. The molecule has 10 nitrogen and oxygen atoms in total. The average Bonchev–Trinajstić information content (AvgIpc) is 3.58. The zero-order chi connectivity index (χ0) is 28.4. The third-order valence-electron chi connectivity index (χ3n) is 12.3. The van der Waals surface area contributed by atoms with Crippen LogP contribution in [-0.4, -0.2) is 79.1 Å². The normalized spacial score (nSPS) is 53.4. The Bertz CT molecular complexity index is 1230. The summed E-state index contributed by atoms with van der Waals surface area (Å²) in [7, 11) is 0. The molecule has 1 N–H and O–H groups in total. The summed E-state index contributed by atoms with van der Waals surface area (Å²) in [5, 5.41) is 12.8. The largest absolute Gasteiger partial charge is 0.462 e. The topological polar surface area (TPSA) is 119 Å². The van der Waals surface area contributed by atoms with Gasteiger partial charge in [-0.2, -0.15) is 0 Å².